The molecule has 19 heavy (non-hydrogen) atoms. The molecule has 0 atom stereocenters. The molecule has 0 aliphatic carbocycles. The highest BCUT2D eigenvalue weighted by atomic mass is 19.1. The lowest BCUT2D eigenvalue weighted by molar-refractivity contribution is 0.198. The topological polar surface area (TPSA) is 52.0 Å². The maximum Gasteiger partial charge on any atom is 0.141 e. The zero-order valence-electron chi connectivity index (χ0n) is 10.8. The molecule has 1 N–H and O–H groups in total. The molecule has 0 bridgehead atoms. The Morgan fingerprint density at radius 2 is 2.32 bits per heavy atom. The van der Waals surface area contributed by atoms with Gasteiger partial charge in [0.05, 0.1) is 19.7 Å². The van der Waals surface area contributed by atoms with Crippen molar-refractivity contribution < 1.29 is 9.13 Å². The van der Waals surface area contributed by atoms with Crippen LogP contribution in [0.5, 0.6) is 0 Å². The van der Waals surface area contributed by atoms with Gasteiger partial charge < -0.3 is 10.1 Å². The van der Waals surface area contributed by atoms with Crippen LogP contribution in [0.3, 0.4) is 0 Å². The van der Waals surface area contributed by atoms with E-state index in [1.54, 1.807) is 17.9 Å². The van der Waals surface area contributed by atoms with Crippen LogP contribution in [-0.2, 0) is 17.8 Å². The molecule has 0 radical (unpaired) electrons. The lowest BCUT2D eigenvalue weighted by Gasteiger charge is -2.07. The number of nitrogens with zero attached hydrogens (tertiary/aromatic N) is 3. The van der Waals surface area contributed by atoms with Crippen molar-refractivity contribution in [3.05, 3.63) is 47.8 Å². The first kappa shape index (κ1) is 13.6. The van der Waals surface area contributed by atoms with Crippen LogP contribution in [-0.4, -0.2) is 35.0 Å². The number of benzene rings is 1. The second-order valence-corrected chi connectivity index (χ2v) is 4.13. The Morgan fingerprint density at radius 3 is 3.11 bits per heavy atom. The van der Waals surface area contributed by atoms with E-state index in [1.165, 1.54) is 18.5 Å². The van der Waals surface area contributed by atoms with Gasteiger partial charge in [-0.2, -0.15) is 5.10 Å². The number of ether oxygens (including phenoxy) is 1. The fourth-order valence-electron chi connectivity index (χ4n) is 1.74. The highest BCUT2D eigenvalue weighted by Gasteiger charge is 2.05. The zero-order chi connectivity index (χ0) is 13.5. The third-order valence-electron chi connectivity index (χ3n) is 2.68. The van der Waals surface area contributed by atoms with E-state index in [1.807, 2.05) is 6.07 Å². The molecule has 0 saturated carbocycles. The van der Waals surface area contributed by atoms with E-state index in [2.05, 4.69) is 15.4 Å². The largest absolute Gasteiger partial charge is 0.383 e. The average molecular weight is 264 g/mol. The summed E-state index contributed by atoms with van der Waals surface area (Å²) in [5.74, 6) is 0.581. The molecule has 102 valence electrons. The molecule has 0 fully saturated rings. The molecule has 1 heterocycles. The highest BCUT2D eigenvalue weighted by molar-refractivity contribution is 5.16. The maximum absolute atomic E-state index is 13.1. The number of hydrogen-bond donors (Lipinski definition) is 1. The van der Waals surface area contributed by atoms with Crippen LogP contribution in [0, 0.1) is 5.82 Å². The van der Waals surface area contributed by atoms with Gasteiger partial charge in [0.25, 0.3) is 0 Å². The smallest absolute Gasteiger partial charge is 0.141 e. The van der Waals surface area contributed by atoms with E-state index in [4.69, 9.17) is 4.74 Å². The lowest BCUT2D eigenvalue weighted by Crippen LogP contribution is -2.21. The first-order valence-electron chi connectivity index (χ1n) is 6.10. The molecular weight excluding hydrogens is 247 g/mol. The second kappa shape index (κ2) is 6.96. The predicted molar refractivity (Wildman–Crippen MR) is 69.1 cm³/mol. The van der Waals surface area contributed by atoms with Gasteiger partial charge in [0.1, 0.15) is 18.0 Å². The minimum absolute atomic E-state index is 0.239. The van der Waals surface area contributed by atoms with Crippen molar-refractivity contribution in [2.24, 2.45) is 0 Å². The molecule has 0 saturated heterocycles. The van der Waals surface area contributed by atoms with Gasteiger partial charge in [0.2, 0.25) is 0 Å². The summed E-state index contributed by atoms with van der Waals surface area (Å²) in [5.41, 5.74) is 0.864. The van der Waals surface area contributed by atoms with Crippen molar-refractivity contribution in [3.8, 4) is 0 Å². The van der Waals surface area contributed by atoms with Crippen molar-refractivity contribution in [1.29, 1.82) is 0 Å². The molecule has 0 amide bonds. The van der Waals surface area contributed by atoms with E-state index in [-0.39, 0.29) is 5.82 Å². The normalized spacial score (nSPS) is 10.8. The monoisotopic (exact) mass is 264 g/mol. The Labute approximate surface area is 111 Å². The summed E-state index contributed by atoms with van der Waals surface area (Å²) in [4.78, 5) is 4.19. The molecule has 0 unspecified atom stereocenters. The molecule has 2 rings (SSSR count). The van der Waals surface area contributed by atoms with E-state index in [9.17, 15) is 4.39 Å². The second-order valence-electron chi connectivity index (χ2n) is 4.13. The Bertz CT molecular complexity index is 515. The molecule has 0 aliphatic heterocycles. The minimum Gasteiger partial charge on any atom is -0.383 e. The van der Waals surface area contributed by atoms with E-state index < -0.39 is 0 Å². The SMILES string of the molecule is COCCNCc1ncnn1Cc1cccc(F)c1. The first-order chi connectivity index (χ1) is 9.29. The van der Waals surface area contributed by atoms with Gasteiger partial charge in [-0.3, -0.25) is 0 Å². The third kappa shape index (κ3) is 4.11. The number of rotatable bonds is 7. The summed E-state index contributed by atoms with van der Waals surface area (Å²) in [6.45, 7) is 2.53. The Kier molecular flexibility index (Phi) is 5.00. The number of nitrogens with one attached hydrogen (secondary N) is 1. The summed E-state index contributed by atoms with van der Waals surface area (Å²) < 4.78 is 19.8. The van der Waals surface area contributed by atoms with Crippen LogP contribution in [0.15, 0.2) is 30.6 Å². The molecular formula is C13H17FN4O. The van der Waals surface area contributed by atoms with Gasteiger partial charge >= 0.3 is 0 Å². The van der Waals surface area contributed by atoms with E-state index >= 15 is 0 Å². The third-order valence-corrected chi connectivity index (χ3v) is 2.68. The first-order valence-corrected chi connectivity index (χ1v) is 6.10. The lowest BCUT2D eigenvalue weighted by atomic mass is 10.2. The van der Waals surface area contributed by atoms with Gasteiger partial charge in [0.15, 0.2) is 0 Å². The number of methoxy groups -OCH3 is 1. The molecule has 5 nitrogen and oxygen atoms in total. The van der Waals surface area contributed by atoms with Gasteiger partial charge in [-0.25, -0.2) is 14.1 Å². The Hall–Kier alpha value is -1.79. The number of halogens is 1. The van der Waals surface area contributed by atoms with Crippen LogP contribution >= 0.6 is 0 Å². The summed E-state index contributed by atoms with van der Waals surface area (Å²) in [7, 11) is 1.66. The fourth-order valence-corrected chi connectivity index (χ4v) is 1.74. The zero-order valence-corrected chi connectivity index (χ0v) is 10.8. The van der Waals surface area contributed by atoms with Gasteiger partial charge in [-0.15, -0.1) is 0 Å². The van der Waals surface area contributed by atoms with E-state index in [0.29, 0.717) is 19.7 Å². The van der Waals surface area contributed by atoms with Crippen molar-refractivity contribution in [2.75, 3.05) is 20.3 Å². The molecule has 1 aromatic heterocycles. The molecule has 0 spiro atoms. The number of aromatic nitrogens is 3. The fraction of sp³-hybridized carbons (Fsp3) is 0.385. The van der Waals surface area contributed by atoms with Crippen LogP contribution in [0.25, 0.3) is 0 Å². The van der Waals surface area contributed by atoms with Crippen LogP contribution in [0.2, 0.25) is 0 Å². The van der Waals surface area contributed by atoms with Gasteiger partial charge in [-0.1, -0.05) is 12.1 Å². The van der Waals surface area contributed by atoms with Crippen LogP contribution in [0.1, 0.15) is 11.4 Å². The van der Waals surface area contributed by atoms with Crippen LogP contribution in [0.4, 0.5) is 4.39 Å². The summed E-state index contributed by atoms with van der Waals surface area (Å²) in [5, 5.41) is 7.36. The standard InChI is InChI=1S/C13H17FN4O/c1-19-6-5-15-8-13-16-10-17-18(13)9-11-3-2-4-12(14)7-11/h2-4,7,10,15H,5-6,8-9H2,1H3. The molecule has 2 aromatic rings. The van der Waals surface area contributed by atoms with Gasteiger partial charge in [0, 0.05) is 13.7 Å². The van der Waals surface area contributed by atoms with Crippen molar-refractivity contribution >= 4 is 0 Å². The van der Waals surface area contributed by atoms with Crippen molar-refractivity contribution in [1.82, 2.24) is 20.1 Å². The summed E-state index contributed by atoms with van der Waals surface area (Å²) >= 11 is 0. The van der Waals surface area contributed by atoms with Gasteiger partial charge in [-0.05, 0) is 17.7 Å². The Balaban J connectivity index is 1.95. The molecule has 6 heteroatoms. The van der Waals surface area contributed by atoms with Crippen LogP contribution < -0.4 is 5.32 Å². The van der Waals surface area contributed by atoms with E-state index in [0.717, 1.165) is 17.9 Å². The molecule has 0 aliphatic rings. The van der Waals surface area contributed by atoms with Crippen molar-refractivity contribution in [2.45, 2.75) is 13.1 Å². The maximum atomic E-state index is 13.1. The number of hydrogen-bond acceptors (Lipinski definition) is 4. The average Bonchev–Trinajstić information content (AvgIpc) is 2.82. The molecule has 1 aromatic carbocycles. The summed E-state index contributed by atoms with van der Waals surface area (Å²) in [6, 6.07) is 6.49. The van der Waals surface area contributed by atoms with Crippen molar-refractivity contribution in [3.63, 3.8) is 0 Å². The Morgan fingerprint density at radius 1 is 1.42 bits per heavy atom. The minimum atomic E-state index is -0.239. The predicted octanol–water partition coefficient (Wildman–Crippen LogP) is 1.20. The summed E-state index contributed by atoms with van der Waals surface area (Å²) in [6.07, 6.45) is 1.51. The quantitative estimate of drug-likeness (QED) is 0.764. The highest BCUT2D eigenvalue weighted by Crippen LogP contribution is 2.06.